The van der Waals surface area contributed by atoms with Gasteiger partial charge in [0.15, 0.2) is 11.6 Å². The van der Waals surface area contributed by atoms with Crippen LogP contribution in [-0.4, -0.2) is 31.7 Å². The van der Waals surface area contributed by atoms with Crippen LogP contribution in [0.25, 0.3) is 0 Å². The molecule has 0 radical (unpaired) electrons. The quantitative estimate of drug-likeness (QED) is 0.879. The molecule has 8 heteroatoms. The molecule has 22 heavy (non-hydrogen) atoms. The molecule has 0 aliphatic carbocycles. The fourth-order valence-corrected chi connectivity index (χ4v) is 3.57. The van der Waals surface area contributed by atoms with Gasteiger partial charge in [-0.25, -0.2) is 8.42 Å². The average molecular weight is 383 g/mol. The Morgan fingerprint density at radius 3 is 2.27 bits per heavy atom. The molecule has 0 saturated carbocycles. The van der Waals surface area contributed by atoms with Gasteiger partial charge in [-0.3, -0.25) is 4.72 Å². The van der Waals surface area contributed by atoms with Crippen molar-refractivity contribution in [3.8, 4) is 0 Å². The third-order valence-corrected chi connectivity index (χ3v) is 5.34. The fourth-order valence-electron chi connectivity index (χ4n) is 2.30. The topological polar surface area (TPSA) is 75.2 Å². The number of benzene rings is 1. The van der Waals surface area contributed by atoms with E-state index in [4.69, 9.17) is 0 Å². The molecule has 1 aromatic heterocycles. The molecule has 3 rings (SSSR count). The van der Waals surface area contributed by atoms with Crippen molar-refractivity contribution >= 4 is 37.6 Å². The zero-order valence-electron chi connectivity index (χ0n) is 11.7. The van der Waals surface area contributed by atoms with Gasteiger partial charge in [-0.15, -0.1) is 10.2 Å². The molecule has 0 bridgehead atoms. The molecule has 1 aliphatic heterocycles. The maximum absolute atomic E-state index is 12.2. The number of nitrogens with zero attached hydrogens (tertiary/aromatic N) is 3. The molecule has 0 amide bonds. The Morgan fingerprint density at radius 2 is 1.68 bits per heavy atom. The van der Waals surface area contributed by atoms with E-state index in [0.717, 1.165) is 36.2 Å². The van der Waals surface area contributed by atoms with Crippen molar-refractivity contribution in [2.24, 2.45) is 0 Å². The van der Waals surface area contributed by atoms with Crippen LogP contribution in [0.2, 0.25) is 0 Å². The van der Waals surface area contributed by atoms with E-state index in [-0.39, 0.29) is 10.7 Å². The molecule has 0 atom stereocenters. The van der Waals surface area contributed by atoms with Gasteiger partial charge in [-0.05, 0) is 49.2 Å². The monoisotopic (exact) mass is 382 g/mol. The number of sulfonamides is 1. The summed E-state index contributed by atoms with van der Waals surface area (Å²) >= 11 is 3.28. The van der Waals surface area contributed by atoms with Crippen molar-refractivity contribution in [3.63, 3.8) is 0 Å². The van der Waals surface area contributed by atoms with E-state index in [0.29, 0.717) is 0 Å². The molecule has 116 valence electrons. The van der Waals surface area contributed by atoms with Gasteiger partial charge in [-0.1, -0.05) is 15.9 Å². The van der Waals surface area contributed by atoms with Crippen LogP contribution in [0, 0.1) is 0 Å². The Labute approximate surface area is 137 Å². The molecule has 0 spiro atoms. The van der Waals surface area contributed by atoms with Gasteiger partial charge in [-0.2, -0.15) is 0 Å². The van der Waals surface area contributed by atoms with E-state index in [2.05, 4.69) is 35.7 Å². The third-order valence-electron chi connectivity index (χ3n) is 3.44. The molecule has 1 N–H and O–H groups in total. The number of hydrogen-bond acceptors (Lipinski definition) is 5. The van der Waals surface area contributed by atoms with Gasteiger partial charge in [0, 0.05) is 17.6 Å². The van der Waals surface area contributed by atoms with Gasteiger partial charge < -0.3 is 4.90 Å². The van der Waals surface area contributed by atoms with Crippen molar-refractivity contribution < 1.29 is 8.42 Å². The molecule has 1 aliphatic rings. The molecule has 0 unspecified atom stereocenters. The van der Waals surface area contributed by atoms with Gasteiger partial charge in [0.05, 0.1) is 4.90 Å². The second-order valence-corrected chi connectivity index (χ2v) is 7.63. The van der Waals surface area contributed by atoms with Gasteiger partial charge >= 0.3 is 0 Å². The van der Waals surface area contributed by atoms with Crippen LogP contribution in [0.4, 0.5) is 11.6 Å². The first-order chi connectivity index (χ1) is 10.5. The molecule has 2 aromatic rings. The molecular weight excluding hydrogens is 368 g/mol. The average Bonchev–Trinajstić information content (AvgIpc) is 3.02. The highest BCUT2D eigenvalue weighted by Gasteiger charge is 2.17. The first-order valence-electron chi connectivity index (χ1n) is 6.92. The molecule has 2 heterocycles. The number of nitrogens with one attached hydrogen (secondary N) is 1. The van der Waals surface area contributed by atoms with Crippen LogP contribution in [0.15, 0.2) is 45.8 Å². The number of aromatic nitrogens is 2. The van der Waals surface area contributed by atoms with Crippen LogP contribution in [0.5, 0.6) is 0 Å². The van der Waals surface area contributed by atoms with Crippen molar-refractivity contribution in [3.05, 3.63) is 40.9 Å². The zero-order valence-corrected chi connectivity index (χ0v) is 14.1. The number of rotatable bonds is 4. The predicted octanol–water partition coefficient (Wildman–Crippen LogP) is 2.64. The summed E-state index contributed by atoms with van der Waals surface area (Å²) in [6.07, 6.45) is 2.30. The van der Waals surface area contributed by atoms with Gasteiger partial charge in [0.25, 0.3) is 10.0 Å². The summed E-state index contributed by atoms with van der Waals surface area (Å²) in [6, 6.07) is 9.83. The first-order valence-corrected chi connectivity index (χ1v) is 9.19. The number of hydrogen-bond donors (Lipinski definition) is 1. The summed E-state index contributed by atoms with van der Waals surface area (Å²) in [5.41, 5.74) is 0. The highest BCUT2D eigenvalue weighted by Crippen LogP contribution is 2.20. The normalized spacial score (nSPS) is 15.0. The lowest BCUT2D eigenvalue weighted by Crippen LogP contribution is -2.20. The Hall–Kier alpha value is -1.67. The summed E-state index contributed by atoms with van der Waals surface area (Å²) in [5.74, 6) is 0.995. The van der Waals surface area contributed by atoms with E-state index in [1.165, 1.54) is 12.1 Å². The molecule has 1 saturated heterocycles. The number of halogens is 1. The summed E-state index contributed by atoms with van der Waals surface area (Å²) < 4.78 is 27.8. The Kier molecular flexibility index (Phi) is 4.30. The second-order valence-electron chi connectivity index (χ2n) is 5.03. The Bertz CT molecular complexity index is 741. The van der Waals surface area contributed by atoms with Crippen LogP contribution < -0.4 is 9.62 Å². The largest absolute Gasteiger partial charge is 0.355 e. The predicted molar refractivity (Wildman–Crippen MR) is 88.4 cm³/mol. The van der Waals surface area contributed by atoms with E-state index >= 15 is 0 Å². The maximum Gasteiger partial charge on any atom is 0.263 e. The van der Waals surface area contributed by atoms with E-state index in [1.54, 1.807) is 24.3 Å². The second kappa shape index (κ2) is 6.21. The van der Waals surface area contributed by atoms with Crippen LogP contribution in [-0.2, 0) is 10.0 Å². The SMILES string of the molecule is O=S(=O)(Nc1ccc(N2CCCC2)nn1)c1ccc(Br)cc1. The van der Waals surface area contributed by atoms with Gasteiger partial charge in [0.1, 0.15) is 0 Å². The van der Waals surface area contributed by atoms with Crippen molar-refractivity contribution in [2.75, 3.05) is 22.7 Å². The lowest BCUT2D eigenvalue weighted by atomic mass is 10.4. The minimum atomic E-state index is -3.65. The van der Waals surface area contributed by atoms with E-state index in [1.807, 2.05) is 0 Å². The minimum Gasteiger partial charge on any atom is -0.355 e. The Balaban J connectivity index is 1.75. The Morgan fingerprint density at radius 1 is 1.00 bits per heavy atom. The van der Waals surface area contributed by atoms with E-state index < -0.39 is 10.0 Å². The van der Waals surface area contributed by atoms with Crippen molar-refractivity contribution in [1.29, 1.82) is 0 Å². The minimum absolute atomic E-state index is 0.182. The smallest absolute Gasteiger partial charge is 0.263 e. The summed E-state index contributed by atoms with van der Waals surface area (Å²) in [5, 5.41) is 8.05. The molecule has 6 nitrogen and oxygen atoms in total. The highest BCUT2D eigenvalue weighted by molar-refractivity contribution is 9.10. The molecule has 1 fully saturated rings. The zero-order chi connectivity index (χ0) is 15.6. The van der Waals surface area contributed by atoms with Crippen LogP contribution >= 0.6 is 15.9 Å². The lowest BCUT2D eigenvalue weighted by Gasteiger charge is -2.15. The first kappa shape index (κ1) is 15.2. The number of anilines is 2. The van der Waals surface area contributed by atoms with Crippen molar-refractivity contribution in [2.45, 2.75) is 17.7 Å². The maximum atomic E-state index is 12.2. The third kappa shape index (κ3) is 3.38. The van der Waals surface area contributed by atoms with Gasteiger partial charge in [0.2, 0.25) is 0 Å². The lowest BCUT2D eigenvalue weighted by molar-refractivity contribution is 0.601. The van der Waals surface area contributed by atoms with E-state index in [9.17, 15) is 8.42 Å². The summed E-state index contributed by atoms with van der Waals surface area (Å²) in [7, 11) is -3.65. The molecular formula is C14H15BrN4O2S. The highest BCUT2D eigenvalue weighted by atomic mass is 79.9. The molecule has 1 aromatic carbocycles. The standard InChI is InChI=1S/C14H15BrN4O2S/c15-11-3-5-12(6-4-11)22(20,21)18-13-7-8-14(17-16-13)19-9-1-2-10-19/h3-8H,1-2,9-10H2,(H,16,18). The van der Waals surface area contributed by atoms with Crippen molar-refractivity contribution in [1.82, 2.24) is 10.2 Å². The fraction of sp³-hybridized carbons (Fsp3) is 0.286. The summed E-state index contributed by atoms with van der Waals surface area (Å²) in [4.78, 5) is 2.32. The van der Waals surface area contributed by atoms with Crippen LogP contribution in [0.1, 0.15) is 12.8 Å². The summed E-state index contributed by atoms with van der Waals surface area (Å²) in [6.45, 7) is 1.94. The van der Waals surface area contributed by atoms with Crippen LogP contribution in [0.3, 0.4) is 0 Å².